The Hall–Kier alpha value is -3.41. The molecule has 0 aliphatic heterocycles. The summed E-state index contributed by atoms with van der Waals surface area (Å²) in [7, 11) is 4.66. The molecule has 0 saturated carbocycles. The van der Waals surface area contributed by atoms with Gasteiger partial charge < -0.3 is 25.1 Å². The summed E-state index contributed by atoms with van der Waals surface area (Å²) >= 11 is 0. The minimum atomic E-state index is 0.176. The topological polar surface area (TPSA) is 86.8 Å². The number of pyridine rings is 1. The molecular weight excluding hydrogens is 332 g/mol. The highest BCUT2D eigenvalue weighted by molar-refractivity contribution is 5.82. The Balaban J connectivity index is 2.18. The summed E-state index contributed by atoms with van der Waals surface area (Å²) in [5, 5.41) is 10.1. The number of nitrogens with zero attached hydrogens (tertiary/aromatic N) is 1. The first-order valence-corrected chi connectivity index (χ1v) is 7.93. The van der Waals surface area contributed by atoms with E-state index in [0.29, 0.717) is 34.2 Å². The van der Waals surface area contributed by atoms with Crippen LogP contribution in [0, 0.1) is 0 Å². The predicted molar refractivity (Wildman–Crippen MR) is 101 cm³/mol. The van der Waals surface area contributed by atoms with Crippen LogP contribution in [0.2, 0.25) is 0 Å². The Morgan fingerprint density at radius 3 is 2.08 bits per heavy atom. The zero-order chi connectivity index (χ0) is 18.7. The maximum Gasteiger partial charge on any atom is 0.203 e. The Bertz CT molecular complexity index is 916. The van der Waals surface area contributed by atoms with E-state index >= 15 is 0 Å². The highest BCUT2D eigenvalue weighted by Crippen LogP contribution is 2.43. The van der Waals surface area contributed by atoms with Gasteiger partial charge >= 0.3 is 0 Å². The molecule has 3 N–H and O–H groups in total. The van der Waals surface area contributed by atoms with Crippen LogP contribution in [0.3, 0.4) is 0 Å². The highest BCUT2D eigenvalue weighted by Gasteiger charge is 2.16. The molecule has 0 spiro atoms. The molecule has 0 unspecified atom stereocenters. The van der Waals surface area contributed by atoms with E-state index in [4.69, 9.17) is 19.9 Å². The van der Waals surface area contributed by atoms with Crippen LogP contribution in [0.5, 0.6) is 23.0 Å². The summed E-state index contributed by atoms with van der Waals surface area (Å²) in [6.45, 7) is 0. The number of benzene rings is 2. The molecule has 0 bridgehead atoms. The number of methoxy groups -OCH3 is 3. The van der Waals surface area contributed by atoms with E-state index < -0.39 is 0 Å². The summed E-state index contributed by atoms with van der Waals surface area (Å²) in [6.07, 6.45) is 1.63. The minimum Gasteiger partial charge on any atom is -0.507 e. The number of para-hydroxylation sites is 1. The fourth-order valence-electron chi connectivity index (χ4n) is 2.81. The van der Waals surface area contributed by atoms with Crippen LogP contribution in [0.1, 0.15) is 0 Å². The molecule has 1 aromatic heterocycles. The number of phenols is 1. The first-order valence-electron chi connectivity index (χ1n) is 7.93. The summed E-state index contributed by atoms with van der Waals surface area (Å²) < 4.78 is 16.2. The summed E-state index contributed by atoms with van der Waals surface area (Å²) in [4.78, 5) is 4.28. The molecule has 3 rings (SSSR count). The molecule has 0 aliphatic rings. The van der Waals surface area contributed by atoms with Crippen LogP contribution in [-0.2, 0) is 0 Å². The number of rotatable bonds is 5. The lowest BCUT2D eigenvalue weighted by molar-refractivity contribution is 0.324. The number of aromatic hydroxyl groups is 1. The van der Waals surface area contributed by atoms with Gasteiger partial charge in [-0.05, 0) is 29.8 Å². The van der Waals surface area contributed by atoms with Crippen molar-refractivity contribution >= 4 is 5.82 Å². The van der Waals surface area contributed by atoms with Crippen molar-refractivity contribution in [1.29, 1.82) is 0 Å². The number of nitrogens with two attached hydrogens (primary N) is 1. The van der Waals surface area contributed by atoms with Crippen LogP contribution in [0.25, 0.3) is 22.3 Å². The monoisotopic (exact) mass is 352 g/mol. The number of nitrogen functional groups attached to an aromatic ring is 1. The molecule has 3 aromatic rings. The van der Waals surface area contributed by atoms with Gasteiger partial charge in [-0.25, -0.2) is 4.98 Å². The van der Waals surface area contributed by atoms with Gasteiger partial charge in [-0.1, -0.05) is 18.2 Å². The van der Waals surface area contributed by atoms with Crippen LogP contribution >= 0.6 is 0 Å². The number of ether oxygens (including phenoxy) is 3. The van der Waals surface area contributed by atoms with Gasteiger partial charge in [0.25, 0.3) is 0 Å². The normalized spacial score (nSPS) is 10.4. The van der Waals surface area contributed by atoms with Crippen LogP contribution in [-0.4, -0.2) is 31.4 Å². The average Bonchev–Trinajstić information content (AvgIpc) is 2.67. The van der Waals surface area contributed by atoms with Crippen molar-refractivity contribution in [2.24, 2.45) is 0 Å². The van der Waals surface area contributed by atoms with Gasteiger partial charge in [-0.2, -0.15) is 0 Å². The number of hydrogen-bond acceptors (Lipinski definition) is 6. The molecule has 0 fully saturated rings. The fraction of sp³-hybridized carbons (Fsp3) is 0.150. The third-order valence-electron chi connectivity index (χ3n) is 4.11. The third kappa shape index (κ3) is 3.09. The lowest BCUT2D eigenvalue weighted by atomic mass is 10.00. The average molecular weight is 352 g/mol. The summed E-state index contributed by atoms with van der Waals surface area (Å²) in [6, 6.07) is 12.6. The van der Waals surface area contributed by atoms with Crippen molar-refractivity contribution in [2.45, 2.75) is 0 Å². The number of aromatic nitrogens is 1. The minimum absolute atomic E-state index is 0.176. The molecule has 6 nitrogen and oxygen atoms in total. The van der Waals surface area contributed by atoms with E-state index in [1.807, 2.05) is 30.3 Å². The Labute approximate surface area is 151 Å². The van der Waals surface area contributed by atoms with Gasteiger partial charge in [0.2, 0.25) is 5.75 Å². The molecule has 26 heavy (non-hydrogen) atoms. The maximum absolute atomic E-state index is 10.1. The number of phenolic OH excluding ortho intramolecular Hbond substituents is 1. The van der Waals surface area contributed by atoms with Crippen molar-refractivity contribution in [3.63, 3.8) is 0 Å². The number of anilines is 1. The summed E-state index contributed by atoms with van der Waals surface area (Å²) in [5.41, 5.74) is 9.00. The zero-order valence-electron chi connectivity index (χ0n) is 14.8. The van der Waals surface area contributed by atoms with Gasteiger partial charge in [-0.15, -0.1) is 0 Å². The molecule has 0 aliphatic carbocycles. The molecule has 1 heterocycles. The van der Waals surface area contributed by atoms with E-state index in [1.54, 1.807) is 39.7 Å². The molecule has 0 radical (unpaired) electrons. The van der Waals surface area contributed by atoms with Gasteiger partial charge in [0.05, 0.1) is 21.3 Å². The lowest BCUT2D eigenvalue weighted by Crippen LogP contribution is -1.98. The van der Waals surface area contributed by atoms with E-state index in [1.165, 1.54) is 0 Å². The lowest BCUT2D eigenvalue weighted by Gasteiger charge is -2.15. The van der Waals surface area contributed by atoms with Crippen molar-refractivity contribution < 1.29 is 19.3 Å². The van der Waals surface area contributed by atoms with Crippen LogP contribution in [0.15, 0.2) is 48.7 Å². The van der Waals surface area contributed by atoms with Crippen molar-refractivity contribution in [3.8, 4) is 45.3 Å². The van der Waals surface area contributed by atoms with Gasteiger partial charge in [0.1, 0.15) is 11.6 Å². The first-order chi connectivity index (χ1) is 12.6. The largest absolute Gasteiger partial charge is 0.507 e. The standard InChI is InChI=1S/C20H20N2O4/c1-24-17-9-12(10-18(25-2)19(17)26-3)15-8-13(11-22-20(15)21)14-6-4-5-7-16(14)23/h4-11,23H,1-3H3,(H2,21,22). The second-order valence-corrected chi connectivity index (χ2v) is 5.59. The molecular formula is C20H20N2O4. The summed E-state index contributed by atoms with van der Waals surface area (Å²) in [5.74, 6) is 2.08. The van der Waals surface area contributed by atoms with Crippen molar-refractivity contribution in [1.82, 2.24) is 4.98 Å². The zero-order valence-corrected chi connectivity index (χ0v) is 14.8. The van der Waals surface area contributed by atoms with Crippen LogP contribution < -0.4 is 19.9 Å². The molecule has 6 heteroatoms. The Morgan fingerprint density at radius 1 is 0.846 bits per heavy atom. The molecule has 134 valence electrons. The number of hydrogen-bond donors (Lipinski definition) is 2. The van der Waals surface area contributed by atoms with E-state index in [2.05, 4.69) is 4.98 Å². The van der Waals surface area contributed by atoms with Crippen molar-refractivity contribution in [3.05, 3.63) is 48.7 Å². The fourth-order valence-corrected chi connectivity index (χ4v) is 2.81. The maximum atomic E-state index is 10.1. The predicted octanol–water partition coefficient (Wildman–Crippen LogP) is 3.73. The van der Waals surface area contributed by atoms with Gasteiger partial charge in [0.15, 0.2) is 11.5 Å². The molecule has 0 atom stereocenters. The van der Waals surface area contributed by atoms with E-state index in [0.717, 1.165) is 11.1 Å². The molecule has 0 saturated heterocycles. The first kappa shape index (κ1) is 17.4. The smallest absolute Gasteiger partial charge is 0.203 e. The SMILES string of the molecule is COc1cc(-c2cc(-c3ccccc3O)cnc2N)cc(OC)c1OC. The quantitative estimate of drug-likeness (QED) is 0.727. The van der Waals surface area contributed by atoms with Gasteiger partial charge in [-0.3, -0.25) is 0 Å². The molecule has 0 amide bonds. The van der Waals surface area contributed by atoms with Crippen LogP contribution in [0.4, 0.5) is 5.82 Å². The second kappa shape index (κ2) is 7.23. The third-order valence-corrected chi connectivity index (χ3v) is 4.11. The van der Waals surface area contributed by atoms with Gasteiger partial charge in [0, 0.05) is 22.9 Å². The Kier molecular flexibility index (Phi) is 4.84. The van der Waals surface area contributed by atoms with E-state index in [-0.39, 0.29) is 5.75 Å². The highest BCUT2D eigenvalue weighted by atomic mass is 16.5. The second-order valence-electron chi connectivity index (χ2n) is 5.59. The Morgan fingerprint density at radius 2 is 1.50 bits per heavy atom. The van der Waals surface area contributed by atoms with E-state index in [9.17, 15) is 5.11 Å². The van der Waals surface area contributed by atoms with Crippen molar-refractivity contribution in [2.75, 3.05) is 27.1 Å². The molecule has 2 aromatic carbocycles.